The number of thiophene rings is 1. The molecular weight excluding hydrogens is 252 g/mol. The molecular formula is C14H15ClOS. The van der Waals surface area contributed by atoms with Crippen molar-refractivity contribution in [3.63, 3.8) is 0 Å². The molecule has 17 heavy (non-hydrogen) atoms. The average molecular weight is 267 g/mol. The molecule has 2 rings (SSSR count). The summed E-state index contributed by atoms with van der Waals surface area (Å²) in [6.07, 6.45) is 2.01. The van der Waals surface area contributed by atoms with Crippen molar-refractivity contribution < 1.29 is 4.79 Å². The second kappa shape index (κ2) is 5.19. The zero-order valence-corrected chi connectivity index (χ0v) is 11.6. The van der Waals surface area contributed by atoms with Gasteiger partial charge in [0.15, 0.2) is 0 Å². The highest BCUT2D eigenvalue weighted by Crippen LogP contribution is 2.33. The number of aryl methyl sites for hydroxylation is 1. The van der Waals surface area contributed by atoms with Gasteiger partial charge in [-0.25, -0.2) is 0 Å². The molecule has 0 aliphatic heterocycles. The molecule has 0 radical (unpaired) electrons. The Hall–Kier alpha value is -0.860. The average Bonchev–Trinajstić information content (AvgIpc) is 2.65. The molecule has 0 bridgehead atoms. The Morgan fingerprint density at radius 3 is 2.71 bits per heavy atom. The molecule has 0 aliphatic rings. The van der Waals surface area contributed by atoms with E-state index < -0.39 is 0 Å². The largest absolute Gasteiger partial charge is 0.275 e. The molecule has 0 saturated carbocycles. The molecule has 0 aliphatic carbocycles. The van der Waals surface area contributed by atoms with E-state index in [2.05, 4.69) is 19.9 Å². The van der Waals surface area contributed by atoms with E-state index in [1.165, 1.54) is 16.7 Å². The molecule has 0 atom stereocenters. The maximum Gasteiger partial charge on any atom is 0.262 e. The third-order valence-electron chi connectivity index (χ3n) is 2.85. The summed E-state index contributed by atoms with van der Waals surface area (Å²) >= 11 is 7.17. The number of carbonyl (C=O) groups excluding carboxylic acids is 1. The van der Waals surface area contributed by atoms with E-state index >= 15 is 0 Å². The summed E-state index contributed by atoms with van der Waals surface area (Å²) in [7, 11) is 0. The number of benzene rings is 1. The Labute approximate surface area is 110 Å². The first-order chi connectivity index (χ1) is 8.09. The lowest BCUT2D eigenvalue weighted by Gasteiger charge is -2.05. The van der Waals surface area contributed by atoms with Crippen molar-refractivity contribution in [3.8, 4) is 0 Å². The monoisotopic (exact) mass is 266 g/mol. The third kappa shape index (κ3) is 2.70. The molecule has 0 amide bonds. The van der Waals surface area contributed by atoms with Gasteiger partial charge in [-0.15, -0.1) is 11.3 Å². The maximum absolute atomic E-state index is 11.5. The first kappa shape index (κ1) is 12.6. The van der Waals surface area contributed by atoms with Gasteiger partial charge in [0.1, 0.15) is 0 Å². The van der Waals surface area contributed by atoms with Gasteiger partial charge in [-0.2, -0.15) is 0 Å². The van der Waals surface area contributed by atoms with Crippen molar-refractivity contribution in [2.24, 2.45) is 5.92 Å². The van der Waals surface area contributed by atoms with Crippen LogP contribution in [0.25, 0.3) is 10.1 Å². The van der Waals surface area contributed by atoms with Gasteiger partial charge < -0.3 is 0 Å². The van der Waals surface area contributed by atoms with E-state index in [0.29, 0.717) is 10.8 Å². The molecule has 1 nitrogen and oxygen atoms in total. The minimum absolute atomic E-state index is 0.329. The number of fused-ring (bicyclic) bond motifs is 1. The fourth-order valence-electron chi connectivity index (χ4n) is 1.94. The van der Waals surface area contributed by atoms with E-state index in [4.69, 9.17) is 11.6 Å². The van der Waals surface area contributed by atoms with Gasteiger partial charge in [-0.1, -0.05) is 32.0 Å². The van der Waals surface area contributed by atoms with Gasteiger partial charge in [0.05, 0.1) is 4.88 Å². The quantitative estimate of drug-likeness (QED) is 0.722. The number of hydrogen-bond donors (Lipinski definition) is 0. The van der Waals surface area contributed by atoms with Crippen LogP contribution in [-0.4, -0.2) is 5.24 Å². The number of halogens is 1. The number of hydrogen-bond acceptors (Lipinski definition) is 2. The highest BCUT2D eigenvalue weighted by atomic mass is 35.5. The Morgan fingerprint density at radius 2 is 2.06 bits per heavy atom. The van der Waals surface area contributed by atoms with Crippen LogP contribution in [0.3, 0.4) is 0 Å². The van der Waals surface area contributed by atoms with Crippen LogP contribution in [0.4, 0.5) is 0 Å². The van der Waals surface area contributed by atoms with Crippen LogP contribution in [0.2, 0.25) is 0 Å². The summed E-state index contributed by atoms with van der Waals surface area (Å²) < 4.78 is 1.15. The second-order valence-corrected chi connectivity index (χ2v) is 6.01. The topological polar surface area (TPSA) is 17.1 Å². The molecule has 1 heterocycles. The van der Waals surface area contributed by atoms with Crippen molar-refractivity contribution in [3.05, 3.63) is 34.7 Å². The van der Waals surface area contributed by atoms with Crippen molar-refractivity contribution in [2.75, 3.05) is 0 Å². The normalized spacial score (nSPS) is 11.3. The minimum Gasteiger partial charge on any atom is -0.275 e. The zero-order valence-electron chi connectivity index (χ0n) is 10.00. The SMILES string of the molecule is CC(C)CCc1c(C(=O)Cl)sc2ccccc12. The zero-order chi connectivity index (χ0) is 12.4. The van der Waals surface area contributed by atoms with E-state index in [0.717, 1.165) is 23.1 Å². The third-order valence-corrected chi connectivity index (χ3v) is 4.36. The standard InChI is InChI=1S/C14H15ClOS/c1-9(2)7-8-11-10-5-3-4-6-12(10)17-13(11)14(15)16/h3-6,9H,7-8H2,1-2H3. The van der Waals surface area contributed by atoms with Gasteiger partial charge >= 0.3 is 0 Å². The minimum atomic E-state index is -0.329. The summed E-state index contributed by atoms with van der Waals surface area (Å²) in [5, 5.41) is 0.854. The number of carbonyl (C=O) groups is 1. The smallest absolute Gasteiger partial charge is 0.262 e. The molecule has 2 aromatic rings. The first-order valence-electron chi connectivity index (χ1n) is 5.80. The van der Waals surface area contributed by atoms with E-state index in [1.807, 2.05) is 18.2 Å². The Morgan fingerprint density at radius 1 is 1.35 bits per heavy atom. The van der Waals surface area contributed by atoms with Crippen molar-refractivity contribution in [1.29, 1.82) is 0 Å². The lowest BCUT2D eigenvalue weighted by atomic mass is 10.0. The predicted octanol–water partition coefficient (Wildman–Crippen LogP) is 4.87. The summed E-state index contributed by atoms with van der Waals surface area (Å²) in [5.41, 5.74) is 1.12. The molecule has 0 unspecified atom stereocenters. The Bertz CT molecular complexity index is 542. The number of rotatable bonds is 4. The first-order valence-corrected chi connectivity index (χ1v) is 6.99. The Balaban J connectivity index is 2.48. The van der Waals surface area contributed by atoms with E-state index in [9.17, 15) is 4.79 Å². The Kier molecular flexibility index (Phi) is 3.85. The molecule has 1 aromatic carbocycles. The molecule has 0 N–H and O–H groups in total. The van der Waals surface area contributed by atoms with Gasteiger partial charge in [-0.05, 0) is 47.4 Å². The van der Waals surface area contributed by atoms with Crippen molar-refractivity contribution >= 4 is 38.3 Å². The maximum atomic E-state index is 11.5. The summed E-state index contributed by atoms with van der Waals surface area (Å²) in [6.45, 7) is 4.38. The van der Waals surface area contributed by atoms with Crippen LogP contribution in [0, 0.1) is 5.92 Å². The van der Waals surface area contributed by atoms with Gasteiger partial charge in [0, 0.05) is 4.70 Å². The van der Waals surface area contributed by atoms with Gasteiger partial charge in [0.2, 0.25) is 0 Å². The lowest BCUT2D eigenvalue weighted by molar-refractivity contribution is 0.108. The van der Waals surface area contributed by atoms with Gasteiger partial charge in [-0.3, -0.25) is 4.79 Å². The van der Waals surface area contributed by atoms with E-state index in [-0.39, 0.29) is 5.24 Å². The molecule has 0 fully saturated rings. The highest BCUT2D eigenvalue weighted by Gasteiger charge is 2.16. The lowest BCUT2D eigenvalue weighted by Crippen LogP contribution is -1.96. The van der Waals surface area contributed by atoms with Crippen LogP contribution in [-0.2, 0) is 6.42 Å². The summed E-state index contributed by atoms with van der Waals surface area (Å²) in [6, 6.07) is 8.12. The highest BCUT2D eigenvalue weighted by molar-refractivity contribution is 7.22. The van der Waals surface area contributed by atoms with Crippen molar-refractivity contribution in [1.82, 2.24) is 0 Å². The molecule has 0 spiro atoms. The fraction of sp³-hybridized carbons (Fsp3) is 0.357. The molecule has 0 saturated heterocycles. The van der Waals surface area contributed by atoms with Gasteiger partial charge in [0.25, 0.3) is 5.24 Å². The van der Waals surface area contributed by atoms with Crippen molar-refractivity contribution in [2.45, 2.75) is 26.7 Å². The van der Waals surface area contributed by atoms with Crippen LogP contribution in [0.15, 0.2) is 24.3 Å². The van der Waals surface area contributed by atoms with Crippen LogP contribution >= 0.6 is 22.9 Å². The molecule has 1 aromatic heterocycles. The predicted molar refractivity (Wildman–Crippen MR) is 75.2 cm³/mol. The summed E-state index contributed by atoms with van der Waals surface area (Å²) in [4.78, 5) is 12.2. The second-order valence-electron chi connectivity index (χ2n) is 4.61. The summed E-state index contributed by atoms with van der Waals surface area (Å²) in [5.74, 6) is 0.631. The van der Waals surface area contributed by atoms with Crippen LogP contribution in [0.5, 0.6) is 0 Å². The molecule has 3 heteroatoms. The van der Waals surface area contributed by atoms with E-state index in [1.54, 1.807) is 0 Å². The van der Waals surface area contributed by atoms with Crippen LogP contribution in [0.1, 0.15) is 35.5 Å². The fourth-order valence-corrected chi connectivity index (χ4v) is 3.25. The molecule has 90 valence electrons. The van der Waals surface area contributed by atoms with Crippen LogP contribution < -0.4 is 0 Å².